The van der Waals surface area contributed by atoms with Crippen LogP contribution in [-0.4, -0.2) is 4.98 Å². The van der Waals surface area contributed by atoms with Crippen LogP contribution < -0.4 is 5.32 Å². The van der Waals surface area contributed by atoms with E-state index in [0.29, 0.717) is 6.54 Å². The Kier molecular flexibility index (Phi) is 4.44. The van der Waals surface area contributed by atoms with E-state index in [0.717, 1.165) is 22.7 Å². The lowest BCUT2D eigenvalue weighted by Crippen LogP contribution is -2.21. The molecule has 0 saturated carbocycles. The monoisotopic (exact) mass is 264 g/mol. The fraction of sp³-hybridized carbons (Fsp3) is 0.357. The molecule has 0 saturated heterocycles. The number of rotatable bonds is 5. The number of halogens is 1. The standard InChI is InChI=1S/C14H17FN2S/c1-3-14(12-6-4-5-7-13(12)15)16-8-11-9-18-10(2)17-11/h4-7,9,14,16H,3,8H2,1-2H3. The molecule has 0 spiro atoms. The smallest absolute Gasteiger partial charge is 0.127 e. The normalized spacial score (nSPS) is 12.6. The van der Waals surface area contributed by atoms with Gasteiger partial charge in [-0.05, 0) is 19.4 Å². The molecule has 1 atom stereocenters. The Morgan fingerprint density at radius 2 is 2.17 bits per heavy atom. The Bertz CT molecular complexity index is 510. The van der Waals surface area contributed by atoms with Crippen molar-refractivity contribution in [3.63, 3.8) is 0 Å². The topological polar surface area (TPSA) is 24.9 Å². The molecule has 2 nitrogen and oxygen atoms in total. The van der Waals surface area contributed by atoms with Crippen molar-refractivity contribution in [3.8, 4) is 0 Å². The van der Waals surface area contributed by atoms with E-state index in [9.17, 15) is 4.39 Å². The zero-order chi connectivity index (χ0) is 13.0. The average Bonchev–Trinajstić information content (AvgIpc) is 2.78. The molecule has 0 radical (unpaired) electrons. The lowest BCUT2D eigenvalue weighted by Gasteiger charge is -2.17. The minimum Gasteiger partial charge on any atom is -0.304 e. The molecule has 1 heterocycles. The predicted octanol–water partition coefficient (Wildman–Crippen LogP) is 3.83. The van der Waals surface area contributed by atoms with Gasteiger partial charge in [0.1, 0.15) is 5.82 Å². The Labute approximate surface area is 111 Å². The first-order chi connectivity index (χ1) is 8.70. The minimum atomic E-state index is -0.147. The van der Waals surface area contributed by atoms with Crippen LogP contribution in [0, 0.1) is 12.7 Å². The minimum absolute atomic E-state index is 0.0354. The van der Waals surface area contributed by atoms with E-state index in [1.165, 1.54) is 6.07 Å². The molecule has 1 aromatic carbocycles. The fourth-order valence-electron chi connectivity index (χ4n) is 1.95. The Balaban J connectivity index is 2.04. The van der Waals surface area contributed by atoms with Gasteiger partial charge in [-0.15, -0.1) is 11.3 Å². The van der Waals surface area contributed by atoms with E-state index in [1.54, 1.807) is 17.4 Å². The van der Waals surface area contributed by atoms with Gasteiger partial charge in [0.2, 0.25) is 0 Å². The number of benzene rings is 1. The first kappa shape index (κ1) is 13.2. The Morgan fingerprint density at radius 1 is 1.39 bits per heavy atom. The second-order valence-corrected chi connectivity index (χ2v) is 5.28. The molecule has 0 aliphatic heterocycles. The number of hydrogen-bond acceptors (Lipinski definition) is 3. The van der Waals surface area contributed by atoms with Crippen LogP contribution in [-0.2, 0) is 6.54 Å². The number of thiazole rings is 1. The van der Waals surface area contributed by atoms with Crippen molar-refractivity contribution >= 4 is 11.3 Å². The molecule has 0 aliphatic rings. The molecule has 0 fully saturated rings. The van der Waals surface area contributed by atoms with Gasteiger partial charge < -0.3 is 5.32 Å². The molecule has 2 aromatic rings. The van der Waals surface area contributed by atoms with Crippen LogP contribution in [0.15, 0.2) is 29.6 Å². The summed E-state index contributed by atoms with van der Waals surface area (Å²) in [4.78, 5) is 4.40. The molecule has 1 N–H and O–H groups in total. The number of nitrogens with zero attached hydrogens (tertiary/aromatic N) is 1. The summed E-state index contributed by atoms with van der Waals surface area (Å²) in [6, 6.07) is 6.97. The summed E-state index contributed by atoms with van der Waals surface area (Å²) in [5.74, 6) is -0.147. The maximum Gasteiger partial charge on any atom is 0.127 e. The summed E-state index contributed by atoms with van der Waals surface area (Å²) in [5, 5.41) is 6.46. The lowest BCUT2D eigenvalue weighted by atomic mass is 10.0. The highest BCUT2D eigenvalue weighted by Crippen LogP contribution is 2.20. The van der Waals surface area contributed by atoms with Gasteiger partial charge in [-0.3, -0.25) is 0 Å². The molecule has 96 valence electrons. The van der Waals surface area contributed by atoms with Crippen LogP contribution in [0.3, 0.4) is 0 Å². The largest absolute Gasteiger partial charge is 0.304 e. The maximum absolute atomic E-state index is 13.7. The van der Waals surface area contributed by atoms with Gasteiger partial charge in [-0.2, -0.15) is 0 Å². The summed E-state index contributed by atoms with van der Waals surface area (Å²) in [6.07, 6.45) is 0.851. The van der Waals surface area contributed by atoms with Crippen molar-refractivity contribution in [3.05, 3.63) is 51.7 Å². The Hall–Kier alpha value is -1.26. The van der Waals surface area contributed by atoms with Gasteiger partial charge in [0, 0.05) is 23.5 Å². The van der Waals surface area contributed by atoms with E-state index in [4.69, 9.17) is 0 Å². The van der Waals surface area contributed by atoms with Gasteiger partial charge >= 0.3 is 0 Å². The van der Waals surface area contributed by atoms with Crippen molar-refractivity contribution in [2.45, 2.75) is 32.9 Å². The third-order valence-electron chi connectivity index (χ3n) is 2.89. The van der Waals surface area contributed by atoms with Crippen LogP contribution in [0.25, 0.3) is 0 Å². The second kappa shape index (κ2) is 6.07. The number of aryl methyl sites for hydroxylation is 1. The van der Waals surface area contributed by atoms with Crippen molar-refractivity contribution in [1.29, 1.82) is 0 Å². The molecule has 2 rings (SSSR count). The van der Waals surface area contributed by atoms with Crippen molar-refractivity contribution < 1.29 is 4.39 Å². The van der Waals surface area contributed by atoms with E-state index in [2.05, 4.69) is 17.2 Å². The zero-order valence-corrected chi connectivity index (χ0v) is 11.4. The van der Waals surface area contributed by atoms with E-state index in [-0.39, 0.29) is 11.9 Å². The molecule has 0 amide bonds. The second-order valence-electron chi connectivity index (χ2n) is 4.22. The van der Waals surface area contributed by atoms with E-state index in [1.807, 2.05) is 24.4 Å². The number of aromatic nitrogens is 1. The molecule has 1 unspecified atom stereocenters. The van der Waals surface area contributed by atoms with Gasteiger partial charge in [-0.25, -0.2) is 9.37 Å². The molecule has 0 aliphatic carbocycles. The van der Waals surface area contributed by atoms with Gasteiger partial charge in [-0.1, -0.05) is 25.1 Å². The summed E-state index contributed by atoms with van der Waals surface area (Å²) in [5.41, 5.74) is 1.75. The lowest BCUT2D eigenvalue weighted by molar-refractivity contribution is 0.485. The fourth-order valence-corrected chi connectivity index (χ4v) is 2.56. The molecular weight excluding hydrogens is 247 g/mol. The average molecular weight is 264 g/mol. The third kappa shape index (κ3) is 3.15. The van der Waals surface area contributed by atoms with Crippen LogP contribution in [0.1, 0.15) is 35.7 Å². The number of nitrogens with one attached hydrogen (secondary N) is 1. The van der Waals surface area contributed by atoms with Gasteiger partial charge in [0.25, 0.3) is 0 Å². The SMILES string of the molecule is CCC(NCc1csc(C)n1)c1ccccc1F. The summed E-state index contributed by atoms with van der Waals surface area (Å²) < 4.78 is 13.7. The van der Waals surface area contributed by atoms with E-state index < -0.39 is 0 Å². The van der Waals surface area contributed by atoms with Gasteiger partial charge in [0.05, 0.1) is 10.7 Å². The summed E-state index contributed by atoms with van der Waals surface area (Å²) in [7, 11) is 0. The van der Waals surface area contributed by atoms with E-state index >= 15 is 0 Å². The first-order valence-electron chi connectivity index (χ1n) is 6.09. The molecule has 18 heavy (non-hydrogen) atoms. The van der Waals surface area contributed by atoms with Crippen molar-refractivity contribution in [2.24, 2.45) is 0 Å². The van der Waals surface area contributed by atoms with Crippen molar-refractivity contribution in [2.75, 3.05) is 0 Å². The highest BCUT2D eigenvalue weighted by atomic mass is 32.1. The van der Waals surface area contributed by atoms with Crippen LogP contribution >= 0.6 is 11.3 Å². The molecule has 1 aromatic heterocycles. The zero-order valence-electron chi connectivity index (χ0n) is 10.6. The quantitative estimate of drug-likeness (QED) is 0.887. The molecule has 4 heteroatoms. The number of hydrogen-bond donors (Lipinski definition) is 1. The Morgan fingerprint density at radius 3 is 2.78 bits per heavy atom. The molecule has 0 bridgehead atoms. The summed E-state index contributed by atoms with van der Waals surface area (Å²) in [6.45, 7) is 4.72. The first-order valence-corrected chi connectivity index (χ1v) is 6.97. The van der Waals surface area contributed by atoms with Crippen LogP contribution in [0.2, 0.25) is 0 Å². The highest BCUT2D eigenvalue weighted by molar-refractivity contribution is 7.09. The van der Waals surface area contributed by atoms with Crippen molar-refractivity contribution in [1.82, 2.24) is 10.3 Å². The summed E-state index contributed by atoms with van der Waals surface area (Å²) >= 11 is 1.64. The van der Waals surface area contributed by atoms with Gasteiger partial charge in [0.15, 0.2) is 0 Å². The van der Waals surface area contributed by atoms with Crippen LogP contribution in [0.5, 0.6) is 0 Å². The van der Waals surface area contributed by atoms with Crippen LogP contribution in [0.4, 0.5) is 4.39 Å². The highest BCUT2D eigenvalue weighted by Gasteiger charge is 2.13. The predicted molar refractivity (Wildman–Crippen MR) is 73.1 cm³/mol. The maximum atomic E-state index is 13.7. The third-order valence-corrected chi connectivity index (χ3v) is 3.71. The molecular formula is C14H17FN2S.